The molecule has 0 saturated carbocycles. The van der Waals surface area contributed by atoms with Crippen molar-refractivity contribution >= 4 is 11.7 Å². The number of carbonyl (C=O) groups is 1. The minimum absolute atomic E-state index is 0.0182. The van der Waals surface area contributed by atoms with E-state index in [1.54, 1.807) is 18.2 Å². The smallest absolute Gasteiger partial charge is 0.338 e. The predicted molar refractivity (Wildman–Crippen MR) is 77.9 cm³/mol. The van der Waals surface area contributed by atoms with E-state index in [0.29, 0.717) is 18.1 Å². The number of para-hydroxylation sites is 2. The molecule has 21 heavy (non-hydrogen) atoms. The van der Waals surface area contributed by atoms with Crippen LogP contribution in [0, 0.1) is 0 Å². The lowest BCUT2D eigenvalue weighted by Gasteiger charge is -2.13. The molecule has 1 heterocycles. The Hall–Kier alpha value is -2.76. The van der Waals surface area contributed by atoms with Crippen LogP contribution in [-0.2, 0) is 0 Å². The number of carboxylic acids is 1. The monoisotopic (exact) mass is 288 g/mol. The number of nitrogens with two attached hydrogens (primary N) is 1. The van der Waals surface area contributed by atoms with Crippen molar-refractivity contribution in [1.29, 1.82) is 0 Å². The third-order valence-corrected chi connectivity index (χ3v) is 2.70. The quantitative estimate of drug-likeness (QED) is 0.848. The second kappa shape index (κ2) is 6.60. The molecule has 0 radical (unpaired) electrons. The molecule has 0 aliphatic heterocycles. The highest BCUT2D eigenvalue weighted by atomic mass is 16.5. The molecule has 1 aromatic carbocycles. The fraction of sp³-hybridized carbons (Fsp3) is 0.200. The molecule has 0 saturated heterocycles. The van der Waals surface area contributed by atoms with Gasteiger partial charge in [-0.15, -0.1) is 0 Å². The van der Waals surface area contributed by atoms with Gasteiger partial charge in [0.15, 0.2) is 11.5 Å². The van der Waals surface area contributed by atoms with Crippen molar-refractivity contribution in [1.82, 2.24) is 4.98 Å². The lowest BCUT2D eigenvalue weighted by atomic mass is 10.2. The van der Waals surface area contributed by atoms with E-state index in [-0.39, 0.29) is 17.1 Å². The molecular formula is C15H16N2O4. The first-order chi connectivity index (χ1) is 10.1. The molecule has 2 rings (SSSR count). The number of aromatic carboxylic acids is 1. The van der Waals surface area contributed by atoms with E-state index < -0.39 is 5.97 Å². The normalized spacial score (nSPS) is 10.1. The summed E-state index contributed by atoms with van der Waals surface area (Å²) in [4.78, 5) is 15.0. The Bertz CT molecular complexity index is 643. The Morgan fingerprint density at radius 1 is 1.29 bits per heavy atom. The molecule has 1 aromatic heterocycles. The number of benzene rings is 1. The average Bonchev–Trinajstić information content (AvgIpc) is 2.48. The third-order valence-electron chi connectivity index (χ3n) is 2.70. The standard InChI is InChI=1S/C15H16N2O4/c1-2-9-20-11-5-3-4-6-12(11)21-14-13(16)10(15(18)19)7-8-17-14/h3-8H,2,9,16H2,1H3,(H,18,19). The summed E-state index contributed by atoms with van der Waals surface area (Å²) < 4.78 is 11.2. The van der Waals surface area contributed by atoms with Gasteiger partial charge in [-0.05, 0) is 24.6 Å². The van der Waals surface area contributed by atoms with Gasteiger partial charge in [0.05, 0.1) is 12.2 Å². The molecule has 6 nitrogen and oxygen atoms in total. The van der Waals surface area contributed by atoms with E-state index in [0.717, 1.165) is 6.42 Å². The maximum Gasteiger partial charge on any atom is 0.338 e. The molecule has 6 heteroatoms. The van der Waals surface area contributed by atoms with E-state index in [2.05, 4.69) is 4.98 Å². The molecule has 0 spiro atoms. The summed E-state index contributed by atoms with van der Waals surface area (Å²) in [5.74, 6) is -0.0910. The van der Waals surface area contributed by atoms with Crippen molar-refractivity contribution in [2.75, 3.05) is 12.3 Å². The molecule has 3 N–H and O–H groups in total. The van der Waals surface area contributed by atoms with Crippen LogP contribution < -0.4 is 15.2 Å². The number of nitrogens with zero attached hydrogens (tertiary/aromatic N) is 1. The zero-order valence-electron chi connectivity index (χ0n) is 11.6. The fourth-order valence-electron chi connectivity index (χ4n) is 1.69. The number of aromatic nitrogens is 1. The summed E-state index contributed by atoms with van der Waals surface area (Å²) in [5, 5.41) is 9.04. The van der Waals surface area contributed by atoms with Crippen molar-refractivity contribution < 1.29 is 19.4 Å². The number of nitrogen functional groups attached to an aromatic ring is 1. The second-order valence-corrected chi connectivity index (χ2v) is 4.28. The van der Waals surface area contributed by atoms with Gasteiger partial charge < -0.3 is 20.3 Å². The van der Waals surface area contributed by atoms with Crippen LogP contribution in [-0.4, -0.2) is 22.7 Å². The van der Waals surface area contributed by atoms with E-state index in [1.165, 1.54) is 12.3 Å². The Morgan fingerprint density at radius 3 is 2.67 bits per heavy atom. The maximum atomic E-state index is 11.0. The molecule has 0 bridgehead atoms. The zero-order valence-corrected chi connectivity index (χ0v) is 11.6. The van der Waals surface area contributed by atoms with E-state index in [1.807, 2.05) is 13.0 Å². The Kier molecular flexibility index (Phi) is 4.61. The minimum Gasteiger partial charge on any atom is -0.490 e. The van der Waals surface area contributed by atoms with Gasteiger partial charge in [0.25, 0.3) is 0 Å². The van der Waals surface area contributed by atoms with Crippen LogP contribution in [0.1, 0.15) is 23.7 Å². The van der Waals surface area contributed by atoms with Crippen molar-refractivity contribution in [3.8, 4) is 17.4 Å². The highest BCUT2D eigenvalue weighted by molar-refractivity contribution is 5.94. The molecule has 0 amide bonds. The molecule has 110 valence electrons. The van der Waals surface area contributed by atoms with Crippen molar-refractivity contribution in [3.05, 3.63) is 42.1 Å². The Labute approximate surface area is 122 Å². The molecule has 0 atom stereocenters. The lowest BCUT2D eigenvalue weighted by Crippen LogP contribution is -2.05. The first-order valence-corrected chi connectivity index (χ1v) is 6.51. The van der Waals surface area contributed by atoms with Crippen LogP contribution in [0.4, 0.5) is 5.69 Å². The van der Waals surface area contributed by atoms with Gasteiger partial charge in [-0.25, -0.2) is 9.78 Å². The van der Waals surface area contributed by atoms with Crippen LogP contribution in [0.25, 0.3) is 0 Å². The summed E-state index contributed by atoms with van der Waals surface area (Å²) in [7, 11) is 0. The van der Waals surface area contributed by atoms with Crippen LogP contribution >= 0.6 is 0 Å². The average molecular weight is 288 g/mol. The van der Waals surface area contributed by atoms with Gasteiger partial charge in [0.2, 0.25) is 5.88 Å². The van der Waals surface area contributed by atoms with Gasteiger partial charge in [0.1, 0.15) is 5.69 Å². The van der Waals surface area contributed by atoms with Crippen molar-refractivity contribution in [3.63, 3.8) is 0 Å². The largest absolute Gasteiger partial charge is 0.490 e. The molecular weight excluding hydrogens is 272 g/mol. The maximum absolute atomic E-state index is 11.0. The van der Waals surface area contributed by atoms with Crippen LogP contribution in [0.2, 0.25) is 0 Å². The van der Waals surface area contributed by atoms with Gasteiger partial charge in [-0.1, -0.05) is 19.1 Å². The SMILES string of the molecule is CCCOc1ccccc1Oc1nccc(C(=O)O)c1N. The zero-order chi connectivity index (χ0) is 15.2. The topological polar surface area (TPSA) is 94.7 Å². The van der Waals surface area contributed by atoms with E-state index >= 15 is 0 Å². The number of hydrogen-bond donors (Lipinski definition) is 2. The number of hydrogen-bond acceptors (Lipinski definition) is 5. The molecule has 2 aromatic rings. The van der Waals surface area contributed by atoms with Crippen molar-refractivity contribution in [2.24, 2.45) is 0 Å². The molecule has 0 unspecified atom stereocenters. The van der Waals surface area contributed by atoms with Gasteiger partial charge in [-0.3, -0.25) is 0 Å². The number of ether oxygens (including phenoxy) is 2. The van der Waals surface area contributed by atoms with Gasteiger partial charge >= 0.3 is 5.97 Å². The lowest BCUT2D eigenvalue weighted by molar-refractivity contribution is 0.0697. The number of rotatable bonds is 6. The fourth-order valence-corrected chi connectivity index (χ4v) is 1.69. The molecule has 0 aliphatic carbocycles. The summed E-state index contributed by atoms with van der Waals surface area (Å²) in [6, 6.07) is 8.40. The first kappa shape index (κ1) is 14.6. The van der Waals surface area contributed by atoms with Crippen LogP contribution in [0.15, 0.2) is 36.5 Å². The number of pyridine rings is 1. The van der Waals surface area contributed by atoms with Crippen molar-refractivity contribution in [2.45, 2.75) is 13.3 Å². The second-order valence-electron chi connectivity index (χ2n) is 4.28. The minimum atomic E-state index is -1.13. The molecule has 0 aliphatic rings. The van der Waals surface area contributed by atoms with Gasteiger partial charge in [0, 0.05) is 6.20 Å². The molecule has 0 fully saturated rings. The summed E-state index contributed by atoms with van der Waals surface area (Å²) >= 11 is 0. The summed E-state index contributed by atoms with van der Waals surface area (Å²) in [6.45, 7) is 2.55. The Balaban J connectivity index is 2.30. The highest BCUT2D eigenvalue weighted by Crippen LogP contribution is 2.33. The van der Waals surface area contributed by atoms with Crippen LogP contribution in [0.3, 0.4) is 0 Å². The van der Waals surface area contributed by atoms with E-state index in [4.69, 9.17) is 20.3 Å². The first-order valence-electron chi connectivity index (χ1n) is 6.51. The predicted octanol–water partition coefficient (Wildman–Crippen LogP) is 2.94. The Morgan fingerprint density at radius 2 is 2.00 bits per heavy atom. The van der Waals surface area contributed by atoms with Gasteiger partial charge in [-0.2, -0.15) is 0 Å². The third kappa shape index (κ3) is 3.42. The highest BCUT2D eigenvalue weighted by Gasteiger charge is 2.15. The number of carboxylic acid groups (broad SMARTS) is 1. The summed E-state index contributed by atoms with van der Waals surface area (Å²) in [5.41, 5.74) is 5.71. The van der Waals surface area contributed by atoms with Crippen LogP contribution in [0.5, 0.6) is 17.4 Å². The number of anilines is 1. The van der Waals surface area contributed by atoms with E-state index in [9.17, 15) is 4.79 Å². The summed E-state index contributed by atoms with van der Waals surface area (Å²) in [6.07, 6.45) is 2.20.